The third-order valence-electron chi connectivity index (χ3n) is 3.32. The fourth-order valence-corrected chi connectivity index (χ4v) is 5.58. The highest BCUT2D eigenvalue weighted by Crippen LogP contribution is 2.29. The molecule has 0 amide bonds. The Balaban J connectivity index is 2.28. The largest absolute Gasteiger partial charge is 0.252 e. The number of rotatable bonds is 3. The molecule has 6 heteroatoms. The Kier molecular flexibility index (Phi) is 4.69. The lowest BCUT2D eigenvalue weighted by Gasteiger charge is -2.25. The van der Waals surface area contributed by atoms with Crippen LogP contribution in [0.15, 0.2) is 16.3 Å². The van der Waals surface area contributed by atoms with Gasteiger partial charge in [0.2, 0.25) is 0 Å². The molecule has 1 aliphatic rings. The van der Waals surface area contributed by atoms with Gasteiger partial charge in [-0.25, -0.2) is 8.42 Å². The molecule has 0 bridgehead atoms. The van der Waals surface area contributed by atoms with Crippen molar-refractivity contribution < 1.29 is 8.42 Å². The molecule has 0 aromatic carbocycles. The summed E-state index contributed by atoms with van der Waals surface area (Å²) < 4.78 is 27.2. The number of sulfonamides is 1. The van der Waals surface area contributed by atoms with Crippen LogP contribution in [-0.2, 0) is 15.9 Å². The number of halogens is 1. The molecule has 1 aromatic rings. The van der Waals surface area contributed by atoms with Crippen LogP contribution in [0.1, 0.15) is 37.5 Å². The van der Waals surface area contributed by atoms with Crippen LogP contribution in [-0.4, -0.2) is 25.3 Å². The standard InChI is InChI=1S/C12H18ClNO2S2/c1-10-5-3-2-4-8-14(10)18(15,16)12-7-6-11(9-13)17-12/h6-7,10H,2-5,8-9H2,1H3. The van der Waals surface area contributed by atoms with Gasteiger partial charge in [0.25, 0.3) is 10.0 Å². The average molecular weight is 308 g/mol. The van der Waals surface area contributed by atoms with Crippen molar-refractivity contribution in [3.05, 3.63) is 17.0 Å². The SMILES string of the molecule is CC1CCCCCN1S(=O)(=O)c1ccc(CCl)s1. The topological polar surface area (TPSA) is 37.4 Å². The lowest BCUT2D eigenvalue weighted by atomic mass is 10.1. The summed E-state index contributed by atoms with van der Waals surface area (Å²) in [5, 5.41) is 0. The zero-order valence-electron chi connectivity index (χ0n) is 10.4. The second-order valence-corrected chi connectivity index (χ2v) is 8.22. The minimum Gasteiger partial charge on any atom is -0.206 e. The van der Waals surface area contributed by atoms with Crippen LogP contribution in [0.4, 0.5) is 0 Å². The number of hydrogen-bond donors (Lipinski definition) is 0. The molecule has 102 valence electrons. The molecule has 0 spiro atoms. The van der Waals surface area contributed by atoms with E-state index in [1.54, 1.807) is 16.4 Å². The fraction of sp³-hybridized carbons (Fsp3) is 0.667. The van der Waals surface area contributed by atoms with Gasteiger partial charge in [-0.1, -0.05) is 12.8 Å². The van der Waals surface area contributed by atoms with Crippen LogP contribution in [0.3, 0.4) is 0 Å². The molecule has 1 fully saturated rings. The molecular weight excluding hydrogens is 290 g/mol. The lowest BCUT2D eigenvalue weighted by molar-refractivity contribution is 0.343. The van der Waals surface area contributed by atoms with E-state index >= 15 is 0 Å². The Labute approximate surface area is 118 Å². The monoisotopic (exact) mass is 307 g/mol. The quantitative estimate of drug-likeness (QED) is 0.802. The highest BCUT2D eigenvalue weighted by Gasteiger charge is 2.30. The summed E-state index contributed by atoms with van der Waals surface area (Å²) in [6.45, 7) is 2.64. The van der Waals surface area contributed by atoms with Gasteiger partial charge in [-0.05, 0) is 31.9 Å². The highest BCUT2D eigenvalue weighted by molar-refractivity contribution is 7.91. The second-order valence-electron chi connectivity index (χ2n) is 4.67. The number of thiophene rings is 1. The molecule has 1 aromatic heterocycles. The summed E-state index contributed by atoms with van der Waals surface area (Å²) in [5.41, 5.74) is 0. The zero-order valence-corrected chi connectivity index (χ0v) is 12.8. The normalized spacial score (nSPS) is 22.9. The van der Waals surface area contributed by atoms with Crippen molar-refractivity contribution in [1.29, 1.82) is 0 Å². The van der Waals surface area contributed by atoms with Crippen molar-refractivity contribution in [2.24, 2.45) is 0 Å². The Bertz CT molecular complexity index is 498. The molecule has 0 saturated carbocycles. The van der Waals surface area contributed by atoms with Crippen molar-refractivity contribution >= 4 is 33.0 Å². The van der Waals surface area contributed by atoms with E-state index in [0.29, 0.717) is 16.6 Å². The van der Waals surface area contributed by atoms with E-state index in [0.717, 1.165) is 30.6 Å². The van der Waals surface area contributed by atoms with Gasteiger partial charge < -0.3 is 0 Å². The summed E-state index contributed by atoms with van der Waals surface area (Å²) in [7, 11) is -3.33. The van der Waals surface area contributed by atoms with Crippen LogP contribution in [0.25, 0.3) is 0 Å². The molecule has 18 heavy (non-hydrogen) atoms. The first kappa shape index (κ1) is 14.3. The second kappa shape index (κ2) is 5.90. The Morgan fingerprint density at radius 3 is 2.83 bits per heavy atom. The molecular formula is C12H18ClNO2S2. The first-order valence-electron chi connectivity index (χ1n) is 6.22. The predicted octanol–water partition coefficient (Wildman–Crippen LogP) is 3.44. The molecule has 1 saturated heterocycles. The third-order valence-corrected chi connectivity index (χ3v) is 7.34. The first-order chi connectivity index (χ1) is 8.55. The summed E-state index contributed by atoms with van der Waals surface area (Å²) in [6.07, 6.45) is 4.14. The van der Waals surface area contributed by atoms with Crippen LogP contribution in [0.2, 0.25) is 0 Å². The number of nitrogens with zero attached hydrogens (tertiary/aromatic N) is 1. The van der Waals surface area contributed by atoms with Gasteiger partial charge in [-0.15, -0.1) is 22.9 Å². The van der Waals surface area contributed by atoms with Crippen LogP contribution >= 0.6 is 22.9 Å². The molecule has 2 rings (SSSR count). The Hall–Kier alpha value is -0.100. The predicted molar refractivity (Wildman–Crippen MR) is 75.7 cm³/mol. The minimum absolute atomic E-state index is 0.0963. The van der Waals surface area contributed by atoms with Gasteiger partial charge in [0.1, 0.15) is 4.21 Å². The summed E-state index contributed by atoms with van der Waals surface area (Å²) in [4.78, 5) is 0.901. The first-order valence-corrected chi connectivity index (χ1v) is 9.01. The summed E-state index contributed by atoms with van der Waals surface area (Å²) >= 11 is 7.01. The van der Waals surface area contributed by atoms with E-state index in [1.165, 1.54) is 11.3 Å². The molecule has 0 N–H and O–H groups in total. The van der Waals surface area contributed by atoms with Gasteiger partial charge in [0, 0.05) is 17.5 Å². The van der Waals surface area contributed by atoms with E-state index < -0.39 is 10.0 Å². The van der Waals surface area contributed by atoms with Crippen molar-refractivity contribution in [3.8, 4) is 0 Å². The van der Waals surface area contributed by atoms with Crippen LogP contribution < -0.4 is 0 Å². The van der Waals surface area contributed by atoms with E-state index in [2.05, 4.69) is 0 Å². The smallest absolute Gasteiger partial charge is 0.206 e. The maximum atomic E-state index is 12.6. The van der Waals surface area contributed by atoms with Crippen molar-refractivity contribution in [3.63, 3.8) is 0 Å². The molecule has 1 unspecified atom stereocenters. The Morgan fingerprint density at radius 1 is 1.39 bits per heavy atom. The Morgan fingerprint density at radius 2 is 2.17 bits per heavy atom. The zero-order chi connectivity index (χ0) is 13.2. The molecule has 1 aliphatic heterocycles. The van der Waals surface area contributed by atoms with Gasteiger partial charge in [-0.2, -0.15) is 4.31 Å². The number of alkyl halides is 1. The molecule has 3 nitrogen and oxygen atoms in total. The van der Waals surface area contributed by atoms with E-state index in [4.69, 9.17) is 11.6 Å². The van der Waals surface area contributed by atoms with Crippen molar-refractivity contribution in [1.82, 2.24) is 4.31 Å². The molecule has 2 heterocycles. The maximum absolute atomic E-state index is 12.6. The van der Waals surface area contributed by atoms with Crippen molar-refractivity contribution in [2.75, 3.05) is 6.54 Å². The summed E-state index contributed by atoms with van der Waals surface area (Å²) in [5.74, 6) is 0.371. The summed E-state index contributed by atoms with van der Waals surface area (Å²) in [6, 6.07) is 3.57. The van der Waals surface area contributed by atoms with E-state index in [-0.39, 0.29) is 6.04 Å². The molecule has 1 atom stereocenters. The third kappa shape index (κ3) is 2.90. The fourth-order valence-electron chi connectivity index (χ4n) is 2.29. The van der Waals surface area contributed by atoms with Crippen LogP contribution in [0, 0.1) is 0 Å². The van der Waals surface area contributed by atoms with Gasteiger partial charge >= 0.3 is 0 Å². The van der Waals surface area contributed by atoms with Gasteiger partial charge in [-0.3, -0.25) is 0 Å². The number of hydrogen-bond acceptors (Lipinski definition) is 3. The lowest BCUT2D eigenvalue weighted by Crippen LogP contribution is -2.37. The van der Waals surface area contributed by atoms with Crippen LogP contribution in [0.5, 0.6) is 0 Å². The van der Waals surface area contributed by atoms with Crippen molar-refractivity contribution in [2.45, 2.75) is 48.7 Å². The van der Waals surface area contributed by atoms with E-state index in [9.17, 15) is 8.42 Å². The minimum atomic E-state index is -3.33. The average Bonchev–Trinajstić information content (AvgIpc) is 2.72. The van der Waals surface area contributed by atoms with Gasteiger partial charge in [0.05, 0.1) is 5.88 Å². The molecule has 0 aliphatic carbocycles. The highest BCUT2D eigenvalue weighted by atomic mass is 35.5. The van der Waals surface area contributed by atoms with E-state index in [1.807, 2.05) is 6.92 Å². The maximum Gasteiger partial charge on any atom is 0.252 e. The van der Waals surface area contributed by atoms with Gasteiger partial charge in [0.15, 0.2) is 0 Å². The molecule has 0 radical (unpaired) electrons.